The van der Waals surface area contributed by atoms with Crippen LogP contribution in [0.5, 0.6) is 0 Å². The maximum absolute atomic E-state index is 12.1. The average molecular weight is 283 g/mol. The maximum Gasteiger partial charge on any atom is 0.255 e. The summed E-state index contributed by atoms with van der Waals surface area (Å²) < 4.78 is 0. The van der Waals surface area contributed by atoms with Crippen LogP contribution in [-0.4, -0.2) is 11.8 Å². The molecule has 2 rings (SSSR count). The van der Waals surface area contributed by atoms with Crippen LogP contribution in [0.2, 0.25) is 0 Å². The van der Waals surface area contributed by atoms with Gasteiger partial charge in [-0.3, -0.25) is 9.59 Å². The largest absolute Gasteiger partial charge is 0.397 e. The van der Waals surface area contributed by atoms with Crippen LogP contribution in [0.25, 0.3) is 0 Å². The van der Waals surface area contributed by atoms with Crippen LogP contribution in [0.15, 0.2) is 48.5 Å². The Labute approximate surface area is 123 Å². The van der Waals surface area contributed by atoms with E-state index in [2.05, 4.69) is 10.6 Å². The molecule has 5 nitrogen and oxygen atoms in total. The fourth-order valence-electron chi connectivity index (χ4n) is 1.81. The van der Waals surface area contributed by atoms with E-state index in [1.165, 1.54) is 6.92 Å². The second kappa shape index (κ2) is 6.56. The van der Waals surface area contributed by atoms with E-state index in [1.54, 1.807) is 36.4 Å². The van der Waals surface area contributed by atoms with Gasteiger partial charge in [-0.1, -0.05) is 24.3 Å². The SMILES string of the molecule is CC(=O)NCc1ccc(C(=O)Nc2ccccc2N)cc1. The zero-order valence-electron chi connectivity index (χ0n) is 11.7. The molecule has 0 radical (unpaired) electrons. The third-order valence-electron chi connectivity index (χ3n) is 2.97. The fraction of sp³-hybridized carbons (Fsp3) is 0.125. The molecule has 21 heavy (non-hydrogen) atoms. The molecule has 4 N–H and O–H groups in total. The van der Waals surface area contributed by atoms with E-state index in [9.17, 15) is 9.59 Å². The zero-order valence-corrected chi connectivity index (χ0v) is 11.7. The lowest BCUT2D eigenvalue weighted by molar-refractivity contribution is -0.119. The van der Waals surface area contributed by atoms with Gasteiger partial charge in [0.25, 0.3) is 5.91 Å². The highest BCUT2D eigenvalue weighted by molar-refractivity contribution is 6.05. The lowest BCUT2D eigenvalue weighted by Crippen LogP contribution is -2.19. The van der Waals surface area contributed by atoms with Gasteiger partial charge < -0.3 is 16.4 Å². The zero-order chi connectivity index (χ0) is 15.2. The van der Waals surface area contributed by atoms with Gasteiger partial charge in [-0.15, -0.1) is 0 Å². The topological polar surface area (TPSA) is 84.2 Å². The summed E-state index contributed by atoms with van der Waals surface area (Å²) in [4.78, 5) is 22.9. The van der Waals surface area contributed by atoms with Crippen molar-refractivity contribution in [2.45, 2.75) is 13.5 Å². The van der Waals surface area contributed by atoms with Crippen LogP contribution in [0, 0.1) is 0 Å². The van der Waals surface area contributed by atoms with E-state index in [4.69, 9.17) is 5.73 Å². The Kier molecular flexibility index (Phi) is 4.56. The molecule has 0 aliphatic carbocycles. The predicted molar refractivity (Wildman–Crippen MR) is 82.8 cm³/mol. The van der Waals surface area contributed by atoms with Crippen LogP contribution in [0.4, 0.5) is 11.4 Å². The summed E-state index contributed by atoms with van der Waals surface area (Å²) in [5.41, 5.74) is 8.36. The summed E-state index contributed by atoms with van der Waals surface area (Å²) in [7, 11) is 0. The monoisotopic (exact) mass is 283 g/mol. The number of para-hydroxylation sites is 2. The smallest absolute Gasteiger partial charge is 0.255 e. The van der Waals surface area contributed by atoms with Crippen LogP contribution < -0.4 is 16.4 Å². The molecule has 0 unspecified atom stereocenters. The lowest BCUT2D eigenvalue weighted by atomic mass is 10.1. The van der Waals surface area contributed by atoms with E-state index in [0.29, 0.717) is 23.5 Å². The molecule has 108 valence electrons. The predicted octanol–water partition coefficient (Wildman–Crippen LogP) is 2.16. The lowest BCUT2D eigenvalue weighted by Gasteiger charge is -2.08. The van der Waals surface area contributed by atoms with Crippen molar-refractivity contribution in [3.63, 3.8) is 0 Å². The molecule has 0 aliphatic rings. The van der Waals surface area contributed by atoms with Crippen molar-refractivity contribution in [2.24, 2.45) is 0 Å². The highest BCUT2D eigenvalue weighted by Gasteiger charge is 2.07. The highest BCUT2D eigenvalue weighted by Crippen LogP contribution is 2.17. The van der Waals surface area contributed by atoms with Crippen molar-refractivity contribution >= 4 is 23.2 Å². The first-order valence-corrected chi connectivity index (χ1v) is 6.55. The average Bonchev–Trinajstić information content (AvgIpc) is 2.48. The quantitative estimate of drug-likeness (QED) is 0.752. The number of amides is 2. The van der Waals surface area contributed by atoms with Crippen molar-refractivity contribution in [3.05, 3.63) is 59.7 Å². The molecule has 0 fully saturated rings. The third-order valence-corrected chi connectivity index (χ3v) is 2.97. The highest BCUT2D eigenvalue weighted by atomic mass is 16.2. The first-order valence-electron chi connectivity index (χ1n) is 6.55. The number of benzene rings is 2. The van der Waals surface area contributed by atoms with Gasteiger partial charge in [0.2, 0.25) is 5.91 Å². The van der Waals surface area contributed by atoms with Crippen molar-refractivity contribution in [1.82, 2.24) is 5.32 Å². The third kappa shape index (κ3) is 4.07. The second-order valence-corrected chi connectivity index (χ2v) is 4.65. The first-order chi connectivity index (χ1) is 10.1. The molecule has 2 amide bonds. The summed E-state index contributed by atoms with van der Waals surface area (Å²) in [5, 5.41) is 5.46. The standard InChI is InChI=1S/C16H17N3O2/c1-11(20)18-10-12-6-8-13(9-7-12)16(21)19-15-5-3-2-4-14(15)17/h2-9H,10,17H2,1H3,(H,18,20)(H,19,21). The Bertz CT molecular complexity index is 651. The van der Waals surface area contributed by atoms with Gasteiger partial charge in [-0.05, 0) is 29.8 Å². The van der Waals surface area contributed by atoms with Crippen molar-refractivity contribution in [2.75, 3.05) is 11.1 Å². The van der Waals surface area contributed by atoms with E-state index >= 15 is 0 Å². The Morgan fingerprint density at radius 3 is 2.33 bits per heavy atom. The summed E-state index contributed by atoms with van der Waals surface area (Å²) >= 11 is 0. The van der Waals surface area contributed by atoms with Crippen molar-refractivity contribution < 1.29 is 9.59 Å². The Balaban J connectivity index is 2.03. The summed E-state index contributed by atoms with van der Waals surface area (Å²) in [6.07, 6.45) is 0. The first kappa shape index (κ1) is 14.6. The van der Waals surface area contributed by atoms with Crippen LogP contribution >= 0.6 is 0 Å². The van der Waals surface area contributed by atoms with Crippen LogP contribution in [0.1, 0.15) is 22.8 Å². The number of carbonyl (C=O) groups excluding carboxylic acids is 2. The van der Waals surface area contributed by atoms with E-state index < -0.39 is 0 Å². The van der Waals surface area contributed by atoms with Gasteiger partial charge in [0.1, 0.15) is 0 Å². The Hall–Kier alpha value is -2.82. The number of hydrogen-bond donors (Lipinski definition) is 3. The molecule has 0 heterocycles. The molecular weight excluding hydrogens is 266 g/mol. The number of nitrogen functional groups attached to an aromatic ring is 1. The molecule has 0 atom stereocenters. The molecule has 0 saturated carbocycles. The molecular formula is C16H17N3O2. The van der Waals surface area contributed by atoms with Crippen LogP contribution in [0.3, 0.4) is 0 Å². The number of nitrogens with two attached hydrogens (primary N) is 1. The molecule has 0 bridgehead atoms. The minimum absolute atomic E-state index is 0.0867. The minimum atomic E-state index is -0.223. The van der Waals surface area contributed by atoms with Gasteiger partial charge in [-0.25, -0.2) is 0 Å². The molecule has 5 heteroatoms. The number of hydrogen-bond acceptors (Lipinski definition) is 3. The Morgan fingerprint density at radius 1 is 1.05 bits per heavy atom. The summed E-state index contributed by atoms with van der Waals surface area (Å²) in [6.45, 7) is 1.91. The molecule has 0 saturated heterocycles. The second-order valence-electron chi connectivity index (χ2n) is 4.65. The van der Waals surface area contributed by atoms with E-state index in [-0.39, 0.29) is 11.8 Å². The normalized spacial score (nSPS) is 9.95. The van der Waals surface area contributed by atoms with Gasteiger partial charge in [0.15, 0.2) is 0 Å². The molecule has 2 aromatic carbocycles. The minimum Gasteiger partial charge on any atom is -0.397 e. The molecule has 2 aromatic rings. The van der Waals surface area contributed by atoms with Crippen LogP contribution in [-0.2, 0) is 11.3 Å². The van der Waals surface area contributed by atoms with Gasteiger partial charge in [0, 0.05) is 19.0 Å². The van der Waals surface area contributed by atoms with E-state index in [0.717, 1.165) is 5.56 Å². The maximum atomic E-state index is 12.1. The summed E-state index contributed by atoms with van der Waals surface area (Å²) in [6, 6.07) is 14.1. The summed E-state index contributed by atoms with van der Waals surface area (Å²) in [5.74, 6) is -0.310. The van der Waals surface area contributed by atoms with Gasteiger partial charge in [0.05, 0.1) is 11.4 Å². The fourth-order valence-corrected chi connectivity index (χ4v) is 1.81. The number of carbonyl (C=O) groups is 2. The van der Waals surface area contributed by atoms with Crippen molar-refractivity contribution in [3.8, 4) is 0 Å². The Morgan fingerprint density at radius 2 is 1.71 bits per heavy atom. The van der Waals surface area contributed by atoms with E-state index in [1.807, 2.05) is 12.1 Å². The number of rotatable bonds is 4. The molecule has 0 aliphatic heterocycles. The number of nitrogens with one attached hydrogen (secondary N) is 2. The molecule has 0 spiro atoms. The van der Waals surface area contributed by atoms with Gasteiger partial charge in [-0.2, -0.15) is 0 Å². The van der Waals surface area contributed by atoms with Crippen molar-refractivity contribution in [1.29, 1.82) is 0 Å². The molecule has 0 aromatic heterocycles. The number of anilines is 2. The van der Waals surface area contributed by atoms with Gasteiger partial charge >= 0.3 is 0 Å².